The van der Waals surface area contributed by atoms with Crippen molar-refractivity contribution in [3.8, 4) is 5.75 Å². The van der Waals surface area contributed by atoms with Crippen molar-refractivity contribution in [2.75, 3.05) is 13.2 Å². The third-order valence-corrected chi connectivity index (χ3v) is 3.11. The van der Waals surface area contributed by atoms with E-state index in [0.717, 1.165) is 17.9 Å². The number of pyridine rings is 1. The number of hydrogen-bond donors (Lipinski definition) is 1. The molecule has 0 radical (unpaired) electrons. The zero-order chi connectivity index (χ0) is 13.5. The molecule has 0 aliphatic carbocycles. The Labute approximate surface area is 114 Å². The summed E-state index contributed by atoms with van der Waals surface area (Å²) in [5.74, 6) is 1.18. The van der Waals surface area contributed by atoms with Crippen LogP contribution in [0.2, 0.25) is 0 Å². The maximum Gasteiger partial charge on any atom is 0.119 e. The van der Waals surface area contributed by atoms with Gasteiger partial charge >= 0.3 is 0 Å². The van der Waals surface area contributed by atoms with E-state index in [2.05, 4.69) is 17.1 Å². The van der Waals surface area contributed by atoms with E-state index < -0.39 is 0 Å². The van der Waals surface area contributed by atoms with Crippen LogP contribution in [-0.2, 0) is 6.42 Å². The van der Waals surface area contributed by atoms with Gasteiger partial charge in [-0.3, -0.25) is 4.98 Å². The second-order valence-electron chi connectivity index (χ2n) is 4.46. The van der Waals surface area contributed by atoms with Crippen molar-refractivity contribution in [2.45, 2.75) is 19.3 Å². The molecular weight excluding hydrogens is 236 g/mol. The molecule has 2 aromatic rings. The van der Waals surface area contributed by atoms with E-state index in [1.807, 2.05) is 43.5 Å². The van der Waals surface area contributed by atoms with Gasteiger partial charge in [-0.05, 0) is 49.7 Å². The maximum absolute atomic E-state index is 5.91. The van der Waals surface area contributed by atoms with E-state index in [4.69, 9.17) is 10.5 Å². The van der Waals surface area contributed by atoms with E-state index in [-0.39, 0.29) is 5.92 Å². The molecule has 1 aromatic carbocycles. The monoisotopic (exact) mass is 256 g/mol. The van der Waals surface area contributed by atoms with Crippen molar-refractivity contribution >= 4 is 0 Å². The minimum atomic E-state index is 0.273. The highest BCUT2D eigenvalue weighted by Crippen LogP contribution is 2.23. The Morgan fingerprint density at radius 3 is 2.79 bits per heavy atom. The van der Waals surface area contributed by atoms with Crippen LogP contribution in [0.3, 0.4) is 0 Å². The highest BCUT2D eigenvalue weighted by atomic mass is 16.5. The van der Waals surface area contributed by atoms with Crippen LogP contribution in [0.1, 0.15) is 24.1 Å². The van der Waals surface area contributed by atoms with E-state index in [1.54, 1.807) is 0 Å². The fourth-order valence-electron chi connectivity index (χ4n) is 2.13. The second kappa shape index (κ2) is 6.90. The molecule has 1 heterocycles. The molecule has 0 aliphatic rings. The number of ether oxygens (including phenoxy) is 1. The SMILES string of the molecule is CCOc1cccc(C(CN)Cc2ccccn2)c1. The molecule has 3 heteroatoms. The van der Waals surface area contributed by atoms with Gasteiger partial charge in [-0.15, -0.1) is 0 Å². The van der Waals surface area contributed by atoms with Crippen LogP contribution in [0, 0.1) is 0 Å². The van der Waals surface area contributed by atoms with Crippen LogP contribution in [0.4, 0.5) is 0 Å². The van der Waals surface area contributed by atoms with Crippen LogP contribution in [0.5, 0.6) is 5.75 Å². The number of hydrogen-bond acceptors (Lipinski definition) is 3. The topological polar surface area (TPSA) is 48.1 Å². The summed E-state index contributed by atoms with van der Waals surface area (Å²) in [6.07, 6.45) is 2.67. The van der Waals surface area contributed by atoms with Crippen molar-refractivity contribution in [1.29, 1.82) is 0 Å². The first-order valence-electron chi connectivity index (χ1n) is 6.66. The number of aromatic nitrogens is 1. The minimum Gasteiger partial charge on any atom is -0.494 e. The molecule has 19 heavy (non-hydrogen) atoms. The van der Waals surface area contributed by atoms with Gasteiger partial charge in [0.1, 0.15) is 5.75 Å². The van der Waals surface area contributed by atoms with Crippen molar-refractivity contribution in [1.82, 2.24) is 4.98 Å². The molecule has 0 amide bonds. The molecule has 1 atom stereocenters. The molecule has 100 valence electrons. The highest BCUT2D eigenvalue weighted by molar-refractivity contribution is 5.32. The predicted octanol–water partition coefficient (Wildman–Crippen LogP) is 2.77. The lowest BCUT2D eigenvalue weighted by Crippen LogP contribution is -2.15. The molecule has 1 unspecified atom stereocenters. The Hall–Kier alpha value is -1.87. The Kier molecular flexibility index (Phi) is 4.93. The minimum absolute atomic E-state index is 0.273. The van der Waals surface area contributed by atoms with Crippen molar-refractivity contribution in [3.63, 3.8) is 0 Å². The Morgan fingerprint density at radius 2 is 2.11 bits per heavy atom. The van der Waals surface area contributed by atoms with Gasteiger partial charge < -0.3 is 10.5 Å². The van der Waals surface area contributed by atoms with Crippen LogP contribution < -0.4 is 10.5 Å². The maximum atomic E-state index is 5.91. The van der Waals surface area contributed by atoms with Gasteiger partial charge in [0.2, 0.25) is 0 Å². The van der Waals surface area contributed by atoms with E-state index in [1.165, 1.54) is 5.56 Å². The molecular formula is C16H20N2O. The lowest BCUT2D eigenvalue weighted by atomic mass is 9.94. The standard InChI is InChI=1S/C16H20N2O/c1-2-19-16-8-5-6-13(11-16)14(12-17)10-15-7-3-4-9-18-15/h3-9,11,14H,2,10,12,17H2,1H3. The van der Waals surface area contributed by atoms with E-state index in [0.29, 0.717) is 13.2 Å². The normalized spacial score (nSPS) is 12.1. The summed E-state index contributed by atoms with van der Waals surface area (Å²) in [4.78, 5) is 4.36. The molecule has 0 aliphatic heterocycles. The van der Waals surface area contributed by atoms with Gasteiger partial charge in [-0.25, -0.2) is 0 Å². The summed E-state index contributed by atoms with van der Waals surface area (Å²) in [7, 11) is 0. The van der Waals surface area contributed by atoms with Crippen molar-refractivity contribution < 1.29 is 4.74 Å². The van der Waals surface area contributed by atoms with Crippen LogP contribution in [0.25, 0.3) is 0 Å². The third kappa shape index (κ3) is 3.80. The lowest BCUT2D eigenvalue weighted by Gasteiger charge is -2.16. The first kappa shape index (κ1) is 13.6. The molecule has 0 saturated carbocycles. The molecule has 3 nitrogen and oxygen atoms in total. The Morgan fingerprint density at radius 1 is 1.21 bits per heavy atom. The largest absolute Gasteiger partial charge is 0.494 e. The van der Waals surface area contributed by atoms with Crippen molar-refractivity contribution in [2.24, 2.45) is 5.73 Å². The zero-order valence-corrected chi connectivity index (χ0v) is 11.3. The second-order valence-corrected chi connectivity index (χ2v) is 4.46. The van der Waals surface area contributed by atoms with E-state index in [9.17, 15) is 0 Å². The average molecular weight is 256 g/mol. The molecule has 2 N–H and O–H groups in total. The molecule has 0 bridgehead atoms. The third-order valence-electron chi connectivity index (χ3n) is 3.11. The number of rotatable bonds is 6. The first-order chi connectivity index (χ1) is 9.33. The van der Waals surface area contributed by atoms with Crippen LogP contribution in [-0.4, -0.2) is 18.1 Å². The van der Waals surface area contributed by atoms with Gasteiger partial charge in [0, 0.05) is 17.8 Å². The van der Waals surface area contributed by atoms with Gasteiger partial charge in [0.05, 0.1) is 6.61 Å². The average Bonchev–Trinajstić information content (AvgIpc) is 2.46. The van der Waals surface area contributed by atoms with Crippen LogP contribution >= 0.6 is 0 Å². The quantitative estimate of drug-likeness (QED) is 0.864. The Balaban J connectivity index is 2.15. The molecule has 0 fully saturated rings. The molecule has 1 aromatic heterocycles. The lowest BCUT2D eigenvalue weighted by molar-refractivity contribution is 0.339. The smallest absolute Gasteiger partial charge is 0.119 e. The summed E-state index contributed by atoms with van der Waals surface area (Å²) < 4.78 is 5.53. The Bertz CT molecular complexity index is 499. The van der Waals surface area contributed by atoms with Crippen molar-refractivity contribution in [3.05, 3.63) is 59.9 Å². The van der Waals surface area contributed by atoms with Gasteiger partial charge in [-0.1, -0.05) is 18.2 Å². The van der Waals surface area contributed by atoms with Gasteiger partial charge in [0.15, 0.2) is 0 Å². The van der Waals surface area contributed by atoms with Crippen LogP contribution in [0.15, 0.2) is 48.7 Å². The highest BCUT2D eigenvalue weighted by Gasteiger charge is 2.12. The molecule has 2 rings (SSSR count). The predicted molar refractivity (Wildman–Crippen MR) is 77.3 cm³/mol. The summed E-state index contributed by atoms with van der Waals surface area (Å²) in [6, 6.07) is 14.1. The fraction of sp³-hybridized carbons (Fsp3) is 0.312. The number of benzene rings is 1. The summed E-state index contributed by atoms with van der Waals surface area (Å²) >= 11 is 0. The number of nitrogens with zero attached hydrogens (tertiary/aromatic N) is 1. The zero-order valence-electron chi connectivity index (χ0n) is 11.3. The van der Waals surface area contributed by atoms with E-state index >= 15 is 0 Å². The summed E-state index contributed by atoms with van der Waals surface area (Å²) in [5.41, 5.74) is 8.18. The van der Waals surface area contributed by atoms with Gasteiger partial charge in [-0.2, -0.15) is 0 Å². The number of nitrogens with two attached hydrogens (primary N) is 1. The summed E-state index contributed by atoms with van der Waals surface area (Å²) in [6.45, 7) is 3.27. The fourth-order valence-corrected chi connectivity index (χ4v) is 2.13. The first-order valence-corrected chi connectivity index (χ1v) is 6.66. The summed E-state index contributed by atoms with van der Waals surface area (Å²) in [5, 5.41) is 0. The molecule has 0 saturated heterocycles. The van der Waals surface area contributed by atoms with Gasteiger partial charge in [0.25, 0.3) is 0 Å². The molecule has 0 spiro atoms.